The molecule has 4 rings (SSSR count). The molecule has 2 unspecified atom stereocenters. The highest BCUT2D eigenvalue weighted by Gasteiger charge is 2.77. The maximum atomic E-state index is 14.0. The van der Waals surface area contributed by atoms with Gasteiger partial charge in [-0.25, -0.2) is 0 Å². The Balaban J connectivity index is 1.78. The summed E-state index contributed by atoms with van der Waals surface area (Å²) in [6.45, 7) is 5.58. The number of fused-ring (bicyclic) bond motifs is 1. The van der Waals surface area contributed by atoms with Crippen molar-refractivity contribution in [2.75, 3.05) is 31.7 Å². The van der Waals surface area contributed by atoms with E-state index in [0.717, 1.165) is 0 Å². The second-order valence-electron chi connectivity index (χ2n) is 8.76. The topological polar surface area (TPSA) is 107 Å². The van der Waals surface area contributed by atoms with Crippen LogP contribution in [0, 0.1) is 11.8 Å². The summed E-state index contributed by atoms with van der Waals surface area (Å²) < 4.78 is 3.79. The molecular formula is C23H28N2O6S. The van der Waals surface area contributed by atoms with Gasteiger partial charge in [0.05, 0.1) is 30.3 Å². The van der Waals surface area contributed by atoms with Crippen LogP contribution in [0.1, 0.15) is 19.8 Å². The maximum absolute atomic E-state index is 14.0. The van der Waals surface area contributed by atoms with Crippen molar-refractivity contribution < 1.29 is 29.3 Å². The number of likely N-dealkylation sites (tertiary alicyclic amines) is 1. The molecule has 3 saturated heterocycles. The first-order valence-corrected chi connectivity index (χ1v) is 11.5. The molecule has 3 aliphatic heterocycles. The number of nitrogens with zero attached hydrogens (tertiary/aromatic N) is 2. The summed E-state index contributed by atoms with van der Waals surface area (Å²) in [6.07, 6.45) is 2.82. The Labute approximate surface area is 191 Å². The van der Waals surface area contributed by atoms with Crippen LogP contribution in [0.3, 0.4) is 0 Å². The Morgan fingerprint density at radius 3 is 2.59 bits per heavy atom. The quantitative estimate of drug-likeness (QED) is 0.570. The Hall–Kier alpha value is -2.52. The highest BCUT2D eigenvalue weighted by Crippen LogP contribution is 2.71. The van der Waals surface area contributed by atoms with Crippen molar-refractivity contribution in [2.45, 2.75) is 35.3 Å². The average Bonchev–Trinajstić information content (AvgIpc) is 3.33. The fraction of sp³-hybridized carbons (Fsp3) is 0.522. The van der Waals surface area contributed by atoms with Gasteiger partial charge in [-0.15, -0.1) is 18.3 Å². The Kier molecular flexibility index (Phi) is 5.75. The monoisotopic (exact) mass is 460 g/mol. The molecule has 2 N–H and O–H groups in total. The minimum Gasteiger partial charge on any atom is -0.497 e. The zero-order valence-corrected chi connectivity index (χ0v) is 19.0. The number of aliphatic carboxylic acids is 1. The summed E-state index contributed by atoms with van der Waals surface area (Å²) in [4.78, 5) is 42.7. The van der Waals surface area contributed by atoms with E-state index in [1.165, 1.54) is 16.7 Å². The molecule has 32 heavy (non-hydrogen) atoms. The lowest BCUT2D eigenvalue weighted by molar-refractivity contribution is -0.150. The number of anilines is 1. The summed E-state index contributed by atoms with van der Waals surface area (Å²) in [7, 11) is 1.56. The molecule has 0 aromatic heterocycles. The molecular weight excluding hydrogens is 432 g/mol. The van der Waals surface area contributed by atoms with Gasteiger partial charge in [-0.1, -0.05) is 6.08 Å². The number of ether oxygens (including phenoxy) is 1. The van der Waals surface area contributed by atoms with Crippen LogP contribution < -0.4 is 9.64 Å². The van der Waals surface area contributed by atoms with E-state index in [4.69, 9.17) is 4.74 Å². The molecule has 2 bridgehead atoms. The molecule has 5 atom stereocenters. The molecule has 9 heteroatoms. The second-order valence-corrected chi connectivity index (χ2v) is 10.7. The molecule has 8 nitrogen and oxygen atoms in total. The molecule has 2 amide bonds. The van der Waals surface area contributed by atoms with Crippen molar-refractivity contribution in [1.29, 1.82) is 0 Å². The standard InChI is InChI=1S/C23H28N2O6S/c1-4-11-24(14-5-7-15(31-3)8-6-14)20(28)18-23-10-9-22(2,32-23)17(21(29)30)16(23)19(27)25(18)12-13-26/h4-8,16-18,26H,1,9-13H2,2-3H3,(H,29,30)/t16-,17-,18?,22+,23?/m0/s1. The summed E-state index contributed by atoms with van der Waals surface area (Å²) >= 11 is 1.48. The van der Waals surface area contributed by atoms with E-state index < -0.39 is 33.3 Å². The molecule has 0 aliphatic carbocycles. The van der Waals surface area contributed by atoms with Gasteiger partial charge in [-0.2, -0.15) is 0 Å². The van der Waals surface area contributed by atoms with E-state index in [0.29, 0.717) is 24.3 Å². The van der Waals surface area contributed by atoms with E-state index in [1.54, 1.807) is 42.4 Å². The van der Waals surface area contributed by atoms with E-state index in [9.17, 15) is 24.6 Å². The van der Waals surface area contributed by atoms with Gasteiger partial charge in [0, 0.05) is 23.5 Å². The third kappa shape index (κ3) is 3.13. The zero-order valence-electron chi connectivity index (χ0n) is 18.2. The minimum atomic E-state index is -1.00. The van der Waals surface area contributed by atoms with E-state index in [2.05, 4.69) is 6.58 Å². The number of hydrogen-bond acceptors (Lipinski definition) is 6. The highest BCUT2D eigenvalue weighted by atomic mass is 32.2. The number of carboxylic acid groups (broad SMARTS) is 1. The smallest absolute Gasteiger partial charge is 0.308 e. The van der Waals surface area contributed by atoms with Gasteiger partial charge in [-0.05, 0) is 44.0 Å². The van der Waals surface area contributed by atoms with Crippen molar-refractivity contribution in [3.8, 4) is 5.75 Å². The molecule has 3 heterocycles. The van der Waals surface area contributed by atoms with Crippen LogP contribution in [0.2, 0.25) is 0 Å². The molecule has 1 spiro atoms. The van der Waals surface area contributed by atoms with Gasteiger partial charge in [-0.3, -0.25) is 14.4 Å². The largest absolute Gasteiger partial charge is 0.497 e. The Bertz CT molecular complexity index is 952. The number of thioether (sulfide) groups is 1. The summed E-state index contributed by atoms with van der Waals surface area (Å²) in [6, 6.07) is 6.18. The fourth-order valence-electron chi connectivity index (χ4n) is 5.79. The summed E-state index contributed by atoms with van der Waals surface area (Å²) in [5.41, 5.74) is 0.630. The van der Waals surface area contributed by atoms with E-state index >= 15 is 0 Å². The second kappa shape index (κ2) is 8.12. The fourth-order valence-corrected chi connectivity index (χ4v) is 8.13. The van der Waals surface area contributed by atoms with Crippen LogP contribution in [-0.2, 0) is 14.4 Å². The van der Waals surface area contributed by atoms with E-state index in [1.807, 2.05) is 6.92 Å². The van der Waals surface area contributed by atoms with Crippen LogP contribution in [0.4, 0.5) is 5.69 Å². The van der Waals surface area contributed by atoms with Crippen LogP contribution in [0.15, 0.2) is 36.9 Å². The highest BCUT2D eigenvalue weighted by molar-refractivity contribution is 8.02. The number of aliphatic hydroxyl groups is 1. The van der Waals surface area contributed by atoms with Gasteiger partial charge < -0.3 is 24.7 Å². The molecule has 3 fully saturated rings. The predicted octanol–water partition coefficient (Wildman–Crippen LogP) is 1.77. The average molecular weight is 461 g/mol. The van der Waals surface area contributed by atoms with E-state index in [-0.39, 0.29) is 31.5 Å². The van der Waals surface area contributed by atoms with Gasteiger partial charge in [0.2, 0.25) is 5.91 Å². The number of carbonyl (C=O) groups excluding carboxylic acids is 2. The molecule has 172 valence electrons. The first kappa shape index (κ1) is 22.7. The molecule has 0 saturated carbocycles. The molecule has 1 aromatic carbocycles. The lowest BCUT2D eigenvalue weighted by atomic mass is 9.66. The molecule has 3 aliphatic rings. The number of rotatable bonds is 8. The number of benzene rings is 1. The van der Waals surface area contributed by atoms with Crippen LogP contribution >= 0.6 is 11.8 Å². The first-order valence-electron chi connectivity index (χ1n) is 10.6. The Morgan fingerprint density at radius 2 is 2.03 bits per heavy atom. The number of carbonyl (C=O) groups is 3. The normalized spacial score (nSPS) is 32.7. The van der Waals surface area contributed by atoms with Crippen molar-refractivity contribution in [2.24, 2.45) is 11.8 Å². The summed E-state index contributed by atoms with van der Waals surface area (Å²) in [5.74, 6) is -2.64. The predicted molar refractivity (Wildman–Crippen MR) is 121 cm³/mol. The van der Waals surface area contributed by atoms with Crippen LogP contribution in [0.5, 0.6) is 5.75 Å². The van der Waals surface area contributed by atoms with Crippen LogP contribution in [-0.4, -0.2) is 75.2 Å². The first-order chi connectivity index (χ1) is 15.2. The van der Waals surface area contributed by atoms with Gasteiger partial charge in [0.1, 0.15) is 11.8 Å². The lowest BCUT2D eigenvalue weighted by Crippen LogP contribution is -2.55. The minimum absolute atomic E-state index is 0.0123. The van der Waals surface area contributed by atoms with Gasteiger partial charge in [0.15, 0.2) is 0 Å². The lowest BCUT2D eigenvalue weighted by Gasteiger charge is -2.37. The maximum Gasteiger partial charge on any atom is 0.308 e. The van der Waals surface area contributed by atoms with Crippen molar-refractivity contribution >= 4 is 35.2 Å². The SMILES string of the molecule is C=CCN(C(=O)C1N(CCO)C(=O)[C@@H]2[C@@H](C(=O)O)[C@@]3(C)CCC12S3)c1ccc(OC)cc1. The van der Waals surface area contributed by atoms with Gasteiger partial charge >= 0.3 is 5.97 Å². The Morgan fingerprint density at radius 1 is 1.34 bits per heavy atom. The number of β-amino-alcohol motifs (C(OH)–C–C–N with tert-alkyl or cyclic N) is 1. The van der Waals surface area contributed by atoms with Crippen molar-refractivity contribution in [3.63, 3.8) is 0 Å². The molecule has 1 aromatic rings. The number of hydrogen-bond donors (Lipinski definition) is 2. The van der Waals surface area contributed by atoms with Crippen LogP contribution in [0.25, 0.3) is 0 Å². The molecule has 0 radical (unpaired) electrons. The summed E-state index contributed by atoms with van der Waals surface area (Å²) in [5, 5.41) is 19.6. The number of amides is 2. The number of methoxy groups -OCH3 is 1. The zero-order chi connectivity index (χ0) is 23.3. The van der Waals surface area contributed by atoms with Gasteiger partial charge in [0.25, 0.3) is 5.91 Å². The number of carboxylic acids is 1. The number of aliphatic hydroxyl groups excluding tert-OH is 1. The third-order valence-electron chi connectivity index (χ3n) is 7.08. The third-order valence-corrected chi connectivity index (χ3v) is 9.07. The van der Waals surface area contributed by atoms with Crippen molar-refractivity contribution in [3.05, 3.63) is 36.9 Å². The van der Waals surface area contributed by atoms with Crippen molar-refractivity contribution in [1.82, 2.24) is 4.90 Å².